The number of hydrogen-bond acceptors (Lipinski definition) is 10. The molecule has 10 nitrogen and oxygen atoms in total. The molecular weight excluding hydrogens is 849 g/mol. The smallest absolute Gasteiger partial charge is 0.210 e. The van der Waals surface area contributed by atoms with E-state index >= 15 is 0 Å². The first kappa shape index (κ1) is 44.7. The van der Waals surface area contributed by atoms with Gasteiger partial charge in [-0.05, 0) is 167 Å². The molecule has 0 atom stereocenters. The zero-order valence-electron chi connectivity index (χ0n) is 35.1. The largest absolute Gasteiger partial charge is 0.457 e. The summed E-state index contributed by atoms with van der Waals surface area (Å²) < 4.78 is 79.1. The molecule has 0 amide bonds. The molecule has 0 unspecified atom stereocenters. The van der Waals surface area contributed by atoms with E-state index in [0.29, 0.717) is 45.6 Å². The van der Waals surface area contributed by atoms with Gasteiger partial charge in [-0.15, -0.1) is 0 Å². The first-order valence-electron chi connectivity index (χ1n) is 19.8. The second kappa shape index (κ2) is 18.6. The lowest BCUT2D eigenvalue weighted by Crippen LogP contribution is -2.14. The molecule has 322 valence electrons. The molecular formula is C52H42O10S2. The molecule has 64 heavy (non-hydrogen) atoms. The summed E-state index contributed by atoms with van der Waals surface area (Å²) >= 11 is 0. The highest BCUT2D eigenvalue weighted by Crippen LogP contribution is 2.36. The van der Waals surface area contributed by atoms with Crippen LogP contribution in [0.15, 0.2) is 189 Å². The fraction of sp³-hybridized carbons (Fsp3) is 0.115. The number of sulfone groups is 2. The number of hydrogen-bond donors (Lipinski definition) is 2. The number of benzene rings is 7. The van der Waals surface area contributed by atoms with Crippen molar-refractivity contribution in [3.05, 3.63) is 181 Å². The Kier molecular flexibility index (Phi) is 13.0. The molecule has 0 heterocycles. The van der Waals surface area contributed by atoms with Crippen molar-refractivity contribution in [1.82, 2.24) is 0 Å². The lowest BCUT2D eigenvalue weighted by atomic mass is 10.1. The van der Waals surface area contributed by atoms with Gasteiger partial charge in [0, 0.05) is 11.1 Å². The van der Waals surface area contributed by atoms with Gasteiger partial charge in [0.1, 0.15) is 67.0 Å². The first-order valence-corrected chi connectivity index (χ1v) is 22.8. The van der Waals surface area contributed by atoms with Gasteiger partial charge < -0.3 is 29.2 Å². The molecule has 2 N–H and O–H groups in total. The van der Waals surface area contributed by atoms with Crippen molar-refractivity contribution in [1.29, 1.82) is 0 Å². The zero-order valence-corrected chi connectivity index (χ0v) is 36.8. The second-order valence-corrected chi connectivity index (χ2v) is 19.2. The Morgan fingerprint density at radius 2 is 0.750 bits per heavy atom. The van der Waals surface area contributed by atoms with E-state index in [2.05, 4.69) is 23.7 Å². The zero-order chi connectivity index (χ0) is 45.5. The molecule has 7 rings (SSSR count). The van der Waals surface area contributed by atoms with E-state index in [0.717, 1.165) is 0 Å². The number of ether oxygens (including phenoxy) is 4. The van der Waals surface area contributed by atoms with Crippen molar-refractivity contribution in [2.24, 2.45) is 0 Å². The van der Waals surface area contributed by atoms with Gasteiger partial charge in [0.2, 0.25) is 19.7 Å². The van der Waals surface area contributed by atoms with Crippen LogP contribution in [-0.4, -0.2) is 38.3 Å². The van der Waals surface area contributed by atoms with Crippen molar-refractivity contribution in [3.63, 3.8) is 0 Å². The molecule has 12 heteroatoms. The Bertz CT molecular complexity index is 3130. The maximum Gasteiger partial charge on any atom is 0.210 e. The Morgan fingerprint density at radius 3 is 1.19 bits per heavy atom. The van der Waals surface area contributed by atoms with Gasteiger partial charge in [-0.25, -0.2) is 16.8 Å². The normalized spacial score (nSPS) is 11.6. The van der Waals surface area contributed by atoms with E-state index in [9.17, 15) is 27.0 Å². The summed E-state index contributed by atoms with van der Waals surface area (Å²) in [5.74, 6) is 14.1. The van der Waals surface area contributed by atoms with Crippen LogP contribution < -0.4 is 18.9 Å². The van der Waals surface area contributed by atoms with Crippen molar-refractivity contribution in [2.75, 3.05) is 0 Å². The van der Waals surface area contributed by atoms with Crippen LogP contribution in [0.4, 0.5) is 0 Å². The van der Waals surface area contributed by atoms with Crippen molar-refractivity contribution >= 4 is 19.7 Å². The van der Waals surface area contributed by atoms with Crippen molar-refractivity contribution in [2.45, 2.75) is 58.5 Å². The average molecular weight is 891 g/mol. The summed E-state index contributed by atoms with van der Waals surface area (Å²) in [7, 11) is -8.00. The SMILES string of the molecule is CC(C)(O)C#Cc1ccc(Oc2ccccc2S(=O)(=O)c2ccc(Oc3ccc(Oc4ccc(S(=O)(=O)c5ccccc5Oc5cccc(C#CC(C)(C)O)c5)cc4)cc3)cc2)cc1. The van der Waals surface area contributed by atoms with Gasteiger partial charge in [0.25, 0.3) is 0 Å². The third-order valence-corrected chi connectivity index (χ3v) is 12.6. The topological polar surface area (TPSA) is 146 Å². The van der Waals surface area contributed by atoms with Gasteiger partial charge in [-0.3, -0.25) is 0 Å². The van der Waals surface area contributed by atoms with E-state index in [1.807, 2.05) is 0 Å². The van der Waals surface area contributed by atoms with E-state index in [-0.39, 0.29) is 31.1 Å². The van der Waals surface area contributed by atoms with E-state index in [1.165, 1.54) is 36.4 Å². The Balaban J connectivity index is 0.975. The maximum absolute atomic E-state index is 13.8. The highest BCUT2D eigenvalue weighted by molar-refractivity contribution is 7.92. The molecule has 0 spiro atoms. The predicted octanol–water partition coefficient (Wildman–Crippen LogP) is 10.8. The minimum atomic E-state index is -4.01. The summed E-state index contributed by atoms with van der Waals surface area (Å²) in [6.07, 6.45) is 0. The van der Waals surface area contributed by atoms with Crippen LogP contribution in [0.5, 0.6) is 46.0 Å². The molecule has 0 aliphatic heterocycles. The van der Waals surface area contributed by atoms with E-state index < -0.39 is 30.9 Å². The van der Waals surface area contributed by atoms with Crippen LogP contribution >= 0.6 is 0 Å². The Hall–Kier alpha value is -7.32. The summed E-state index contributed by atoms with van der Waals surface area (Å²) in [6.45, 7) is 6.35. The van der Waals surface area contributed by atoms with Gasteiger partial charge in [0.05, 0.1) is 9.79 Å². The lowest BCUT2D eigenvalue weighted by Gasteiger charge is -2.13. The van der Waals surface area contributed by atoms with Crippen LogP contribution in [0, 0.1) is 23.7 Å². The summed E-state index contributed by atoms with van der Waals surface area (Å²) in [5.41, 5.74) is -1.04. The lowest BCUT2D eigenvalue weighted by molar-refractivity contribution is 0.143. The highest BCUT2D eigenvalue weighted by Gasteiger charge is 2.24. The fourth-order valence-corrected chi connectivity index (χ4v) is 8.70. The number of aliphatic hydroxyl groups is 2. The Morgan fingerprint density at radius 1 is 0.391 bits per heavy atom. The molecule has 0 aromatic heterocycles. The second-order valence-electron chi connectivity index (χ2n) is 15.4. The molecule has 0 bridgehead atoms. The summed E-state index contributed by atoms with van der Waals surface area (Å²) in [4.78, 5) is 0.0583. The van der Waals surface area contributed by atoms with Crippen LogP contribution in [0.3, 0.4) is 0 Å². The third kappa shape index (κ3) is 11.6. The monoisotopic (exact) mass is 890 g/mol. The van der Waals surface area contributed by atoms with Crippen molar-refractivity contribution < 1.29 is 46.0 Å². The van der Waals surface area contributed by atoms with Gasteiger partial charge >= 0.3 is 0 Å². The van der Waals surface area contributed by atoms with E-state index in [1.54, 1.807) is 161 Å². The van der Waals surface area contributed by atoms with Crippen LogP contribution in [0.1, 0.15) is 38.8 Å². The van der Waals surface area contributed by atoms with Gasteiger partial charge in [-0.2, -0.15) is 0 Å². The van der Waals surface area contributed by atoms with E-state index in [4.69, 9.17) is 18.9 Å². The van der Waals surface area contributed by atoms with Crippen LogP contribution in [-0.2, 0) is 19.7 Å². The minimum Gasteiger partial charge on any atom is -0.457 e. The molecule has 7 aromatic rings. The fourth-order valence-electron chi connectivity index (χ4n) is 5.94. The molecule has 0 saturated carbocycles. The van der Waals surface area contributed by atoms with Gasteiger partial charge in [0.15, 0.2) is 0 Å². The molecule has 0 fully saturated rings. The summed E-state index contributed by atoms with van der Waals surface area (Å²) in [6, 6.07) is 45.2. The summed E-state index contributed by atoms with van der Waals surface area (Å²) in [5, 5.41) is 19.8. The van der Waals surface area contributed by atoms with Crippen LogP contribution in [0.25, 0.3) is 0 Å². The molecule has 0 saturated heterocycles. The molecule has 0 aliphatic rings. The number of para-hydroxylation sites is 2. The predicted molar refractivity (Wildman–Crippen MR) is 243 cm³/mol. The molecule has 0 aliphatic carbocycles. The third-order valence-electron chi connectivity index (χ3n) is 9.01. The standard InChI is InChI=1S/C52H42O10S2/c1-51(2,53)34-32-37-16-18-43(19-17-37)61-47-12-5-7-14-49(47)63(55,56)45-28-24-41(25-29-45)59-39-20-22-40(23-21-39)60-42-26-30-46(31-27-42)64(57,58)50-15-8-6-13-48(50)62-44-11-9-10-38(36-44)33-35-52(3,4)54/h5-31,36,53-54H,1-4H3. The first-order chi connectivity index (χ1) is 30.4. The van der Waals surface area contributed by atoms with Crippen molar-refractivity contribution in [3.8, 4) is 69.7 Å². The van der Waals surface area contributed by atoms with Crippen LogP contribution in [0.2, 0.25) is 0 Å². The highest BCUT2D eigenvalue weighted by atomic mass is 32.2. The average Bonchev–Trinajstić information content (AvgIpc) is 3.26. The quantitative estimate of drug-likeness (QED) is 0.114. The van der Waals surface area contributed by atoms with Gasteiger partial charge in [-0.1, -0.05) is 54.0 Å². The Labute approximate surface area is 373 Å². The number of rotatable bonds is 12. The molecule has 0 radical (unpaired) electrons. The maximum atomic E-state index is 13.8. The minimum absolute atomic E-state index is 0.00822. The molecule has 7 aromatic carbocycles.